The number of hydrogen-bond acceptors (Lipinski definition) is 5. The van der Waals surface area contributed by atoms with Crippen LogP contribution in [0.15, 0.2) is 36.4 Å². The predicted molar refractivity (Wildman–Crippen MR) is 82.5 cm³/mol. The Hall–Kier alpha value is -2.54. The monoisotopic (exact) mass is 316 g/mol. The van der Waals surface area contributed by atoms with Crippen molar-refractivity contribution >= 4 is 11.7 Å². The normalized spacial score (nSPS) is 20.6. The van der Waals surface area contributed by atoms with Gasteiger partial charge in [0, 0.05) is 13.6 Å². The number of aliphatic hydroxyl groups is 1. The van der Waals surface area contributed by atoms with E-state index in [1.54, 1.807) is 24.3 Å². The SMILES string of the molecule is CNC(=O)c1ccc(N2C[C@@H](O)C[C@@H]2c2ccc(F)cc2)nn1. The van der Waals surface area contributed by atoms with Crippen LogP contribution in [0.2, 0.25) is 0 Å². The van der Waals surface area contributed by atoms with Crippen molar-refractivity contribution in [2.24, 2.45) is 0 Å². The van der Waals surface area contributed by atoms with Crippen LogP contribution in [0, 0.1) is 5.82 Å². The van der Waals surface area contributed by atoms with E-state index in [9.17, 15) is 14.3 Å². The van der Waals surface area contributed by atoms with E-state index in [0.29, 0.717) is 18.8 Å². The van der Waals surface area contributed by atoms with Crippen LogP contribution >= 0.6 is 0 Å². The first-order chi connectivity index (χ1) is 11.1. The van der Waals surface area contributed by atoms with Gasteiger partial charge in [-0.2, -0.15) is 0 Å². The van der Waals surface area contributed by atoms with Gasteiger partial charge in [0.25, 0.3) is 5.91 Å². The molecule has 7 heteroatoms. The molecule has 0 unspecified atom stereocenters. The van der Waals surface area contributed by atoms with Gasteiger partial charge in [-0.05, 0) is 36.2 Å². The summed E-state index contributed by atoms with van der Waals surface area (Å²) in [5, 5.41) is 20.5. The predicted octanol–water partition coefficient (Wildman–Crippen LogP) is 1.29. The van der Waals surface area contributed by atoms with Gasteiger partial charge in [-0.3, -0.25) is 4.79 Å². The minimum atomic E-state index is -0.495. The summed E-state index contributed by atoms with van der Waals surface area (Å²) in [6.07, 6.45) is 0.0373. The van der Waals surface area contributed by atoms with Crippen molar-refractivity contribution in [3.8, 4) is 0 Å². The Morgan fingerprint density at radius 2 is 2.00 bits per heavy atom. The first kappa shape index (κ1) is 15.4. The van der Waals surface area contributed by atoms with Gasteiger partial charge in [0.2, 0.25) is 0 Å². The maximum atomic E-state index is 13.1. The summed E-state index contributed by atoms with van der Waals surface area (Å²) in [4.78, 5) is 13.4. The largest absolute Gasteiger partial charge is 0.391 e. The summed E-state index contributed by atoms with van der Waals surface area (Å²) in [6.45, 7) is 0.413. The molecule has 1 aliphatic rings. The average Bonchev–Trinajstić information content (AvgIpc) is 2.97. The molecule has 1 aromatic heterocycles. The van der Waals surface area contributed by atoms with Crippen molar-refractivity contribution < 1.29 is 14.3 Å². The third-order valence-electron chi connectivity index (χ3n) is 3.94. The number of rotatable bonds is 3. The van der Waals surface area contributed by atoms with Gasteiger partial charge < -0.3 is 15.3 Å². The van der Waals surface area contributed by atoms with Crippen molar-refractivity contribution in [3.63, 3.8) is 0 Å². The van der Waals surface area contributed by atoms with Gasteiger partial charge in [-0.25, -0.2) is 4.39 Å². The highest BCUT2D eigenvalue weighted by atomic mass is 19.1. The molecule has 0 bridgehead atoms. The molecule has 0 aliphatic carbocycles. The third kappa shape index (κ3) is 3.14. The maximum absolute atomic E-state index is 13.1. The number of amides is 1. The van der Waals surface area contributed by atoms with Crippen LogP contribution in [-0.2, 0) is 0 Å². The van der Waals surface area contributed by atoms with E-state index >= 15 is 0 Å². The zero-order chi connectivity index (χ0) is 16.4. The number of hydrogen-bond donors (Lipinski definition) is 2. The summed E-state index contributed by atoms with van der Waals surface area (Å²) in [5.41, 5.74) is 1.13. The second-order valence-corrected chi connectivity index (χ2v) is 5.47. The van der Waals surface area contributed by atoms with Crippen LogP contribution in [0.1, 0.15) is 28.5 Å². The van der Waals surface area contributed by atoms with Gasteiger partial charge in [-0.15, -0.1) is 10.2 Å². The van der Waals surface area contributed by atoms with E-state index in [4.69, 9.17) is 0 Å². The molecule has 1 fully saturated rings. The molecule has 1 saturated heterocycles. The molecule has 0 radical (unpaired) electrons. The maximum Gasteiger partial charge on any atom is 0.271 e. The Kier molecular flexibility index (Phi) is 4.20. The minimum Gasteiger partial charge on any atom is -0.391 e. The van der Waals surface area contributed by atoms with Gasteiger partial charge in [0.15, 0.2) is 11.5 Å². The Balaban J connectivity index is 1.87. The molecule has 0 spiro atoms. The van der Waals surface area contributed by atoms with Crippen LogP contribution in [-0.4, -0.2) is 40.9 Å². The quantitative estimate of drug-likeness (QED) is 0.892. The fourth-order valence-electron chi connectivity index (χ4n) is 2.80. The topological polar surface area (TPSA) is 78.4 Å². The molecule has 23 heavy (non-hydrogen) atoms. The molecular formula is C16H17FN4O2. The molecule has 1 amide bonds. The number of β-amino-alcohol motifs (C(OH)–C–C–N with tert-alkyl or cyclic N) is 1. The summed E-state index contributed by atoms with van der Waals surface area (Å²) in [6, 6.07) is 9.40. The van der Waals surface area contributed by atoms with Gasteiger partial charge in [-0.1, -0.05) is 12.1 Å². The second kappa shape index (κ2) is 6.29. The zero-order valence-electron chi connectivity index (χ0n) is 12.6. The number of benzene rings is 1. The van der Waals surface area contributed by atoms with Crippen LogP contribution < -0.4 is 10.2 Å². The van der Waals surface area contributed by atoms with Crippen molar-refractivity contribution in [2.75, 3.05) is 18.5 Å². The Morgan fingerprint density at radius 1 is 1.26 bits per heavy atom. The van der Waals surface area contributed by atoms with Crippen LogP contribution in [0.3, 0.4) is 0 Å². The molecule has 6 nitrogen and oxygen atoms in total. The van der Waals surface area contributed by atoms with Crippen molar-refractivity contribution in [3.05, 3.63) is 53.5 Å². The molecular weight excluding hydrogens is 299 g/mol. The smallest absolute Gasteiger partial charge is 0.271 e. The summed E-state index contributed by atoms with van der Waals surface area (Å²) < 4.78 is 13.1. The van der Waals surface area contributed by atoms with Crippen molar-refractivity contribution in [1.82, 2.24) is 15.5 Å². The first-order valence-corrected chi connectivity index (χ1v) is 7.34. The van der Waals surface area contributed by atoms with Crippen LogP contribution in [0.5, 0.6) is 0 Å². The Morgan fingerprint density at radius 3 is 2.61 bits per heavy atom. The molecule has 1 aromatic carbocycles. The fourth-order valence-corrected chi connectivity index (χ4v) is 2.80. The van der Waals surface area contributed by atoms with Crippen molar-refractivity contribution in [2.45, 2.75) is 18.6 Å². The minimum absolute atomic E-state index is 0.106. The number of nitrogens with zero attached hydrogens (tertiary/aromatic N) is 3. The van der Waals surface area contributed by atoms with E-state index in [1.165, 1.54) is 19.2 Å². The number of aliphatic hydroxyl groups excluding tert-OH is 1. The Labute approximate surface area is 133 Å². The van der Waals surface area contributed by atoms with Gasteiger partial charge in [0.1, 0.15) is 5.82 Å². The lowest BCUT2D eigenvalue weighted by Crippen LogP contribution is -2.26. The summed E-state index contributed by atoms with van der Waals surface area (Å²) in [7, 11) is 1.53. The van der Waals surface area contributed by atoms with E-state index in [-0.39, 0.29) is 23.5 Å². The number of nitrogens with one attached hydrogen (secondary N) is 1. The molecule has 2 aromatic rings. The molecule has 120 valence electrons. The number of anilines is 1. The standard InChI is InChI=1S/C16H17FN4O2/c1-18-16(23)13-6-7-15(20-19-13)21-9-12(22)8-14(21)10-2-4-11(17)5-3-10/h2-7,12,14,22H,8-9H2,1H3,(H,18,23)/t12-,14+/m0/s1. The second-order valence-electron chi connectivity index (χ2n) is 5.47. The van der Waals surface area contributed by atoms with Crippen LogP contribution in [0.25, 0.3) is 0 Å². The molecule has 2 atom stereocenters. The zero-order valence-corrected chi connectivity index (χ0v) is 12.6. The lowest BCUT2D eigenvalue weighted by Gasteiger charge is -2.25. The number of aromatic nitrogens is 2. The van der Waals surface area contributed by atoms with E-state index in [1.807, 2.05) is 4.90 Å². The highest BCUT2D eigenvalue weighted by molar-refractivity contribution is 5.91. The van der Waals surface area contributed by atoms with E-state index < -0.39 is 6.10 Å². The van der Waals surface area contributed by atoms with Gasteiger partial charge >= 0.3 is 0 Å². The van der Waals surface area contributed by atoms with E-state index in [2.05, 4.69) is 15.5 Å². The molecule has 0 saturated carbocycles. The van der Waals surface area contributed by atoms with Crippen LogP contribution in [0.4, 0.5) is 10.2 Å². The first-order valence-electron chi connectivity index (χ1n) is 7.34. The molecule has 2 heterocycles. The summed E-state index contributed by atoms with van der Waals surface area (Å²) >= 11 is 0. The number of carbonyl (C=O) groups is 1. The Bertz CT molecular complexity index is 690. The molecule has 3 rings (SSSR count). The third-order valence-corrected chi connectivity index (χ3v) is 3.94. The van der Waals surface area contributed by atoms with E-state index in [0.717, 1.165) is 5.56 Å². The van der Waals surface area contributed by atoms with Gasteiger partial charge in [0.05, 0.1) is 12.1 Å². The summed E-state index contributed by atoms with van der Waals surface area (Å²) in [5.74, 6) is -0.0299. The lowest BCUT2D eigenvalue weighted by atomic mass is 10.0. The van der Waals surface area contributed by atoms with Crippen molar-refractivity contribution in [1.29, 1.82) is 0 Å². The molecule has 2 N–H and O–H groups in total. The number of halogens is 1. The highest BCUT2D eigenvalue weighted by Gasteiger charge is 2.33. The average molecular weight is 316 g/mol. The molecule has 1 aliphatic heterocycles. The highest BCUT2D eigenvalue weighted by Crippen LogP contribution is 2.35. The number of carbonyl (C=O) groups excluding carboxylic acids is 1. The lowest BCUT2D eigenvalue weighted by molar-refractivity contribution is 0.0957. The fraction of sp³-hybridized carbons (Fsp3) is 0.312.